The number of benzene rings is 1. The van der Waals surface area contributed by atoms with Crippen LogP contribution < -0.4 is 5.32 Å². The molecule has 1 saturated heterocycles. The van der Waals surface area contributed by atoms with Gasteiger partial charge in [0.2, 0.25) is 23.5 Å². The van der Waals surface area contributed by atoms with E-state index in [1.165, 1.54) is 6.42 Å². The summed E-state index contributed by atoms with van der Waals surface area (Å²) >= 11 is 0. The summed E-state index contributed by atoms with van der Waals surface area (Å²) < 4.78 is 10.8. The van der Waals surface area contributed by atoms with Crippen molar-refractivity contribution in [3.63, 3.8) is 0 Å². The van der Waals surface area contributed by atoms with Crippen molar-refractivity contribution in [3.8, 4) is 11.4 Å². The first kappa shape index (κ1) is 21.5. The van der Waals surface area contributed by atoms with Crippen molar-refractivity contribution in [1.82, 2.24) is 20.4 Å². The number of piperidine rings is 1. The van der Waals surface area contributed by atoms with Gasteiger partial charge in [-0.25, -0.2) is 0 Å². The number of hydrogen-bond donors (Lipinski definition) is 1. The van der Waals surface area contributed by atoms with Crippen molar-refractivity contribution >= 4 is 11.8 Å². The van der Waals surface area contributed by atoms with E-state index in [0.29, 0.717) is 31.2 Å². The monoisotopic (exact) mass is 426 g/mol. The third-order valence-electron chi connectivity index (χ3n) is 6.15. The van der Waals surface area contributed by atoms with Crippen LogP contribution in [0.5, 0.6) is 0 Å². The molecule has 2 amide bonds. The van der Waals surface area contributed by atoms with Crippen LogP contribution in [0.3, 0.4) is 0 Å². The lowest BCUT2D eigenvalue weighted by Crippen LogP contribution is -2.41. The molecule has 0 bridgehead atoms. The van der Waals surface area contributed by atoms with E-state index in [2.05, 4.69) is 15.5 Å². The fourth-order valence-corrected chi connectivity index (χ4v) is 4.58. The molecule has 1 aromatic carbocycles. The summed E-state index contributed by atoms with van der Waals surface area (Å²) in [5.41, 5.74) is 0.869. The number of likely N-dealkylation sites (tertiary alicyclic amines) is 1. The lowest BCUT2D eigenvalue weighted by molar-refractivity contribution is -0.136. The molecule has 2 heterocycles. The van der Waals surface area contributed by atoms with E-state index in [4.69, 9.17) is 9.26 Å². The van der Waals surface area contributed by atoms with Crippen LogP contribution in [0.15, 0.2) is 34.9 Å². The third-order valence-corrected chi connectivity index (χ3v) is 6.15. The molecule has 1 N–H and O–H groups in total. The summed E-state index contributed by atoms with van der Waals surface area (Å²) in [6, 6.07) is 9.38. The van der Waals surface area contributed by atoms with Gasteiger partial charge in [0.15, 0.2) is 0 Å². The Kier molecular flexibility index (Phi) is 6.96. The molecule has 0 spiro atoms. The van der Waals surface area contributed by atoms with Crippen LogP contribution in [0.2, 0.25) is 0 Å². The summed E-state index contributed by atoms with van der Waals surface area (Å²) in [4.78, 5) is 32.0. The number of amides is 2. The first-order chi connectivity index (χ1) is 15.2. The predicted octanol–water partition coefficient (Wildman–Crippen LogP) is 2.76. The predicted molar refractivity (Wildman–Crippen MR) is 114 cm³/mol. The molecule has 0 unspecified atom stereocenters. The van der Waals surface area contributed by atoms with Gasteiger partial charge < -0.3 is 19.5 Å². The largest absolute Gasteiger partial charge is 0.372 e. The first-order valence-corrected chi connectivity index (χ1v) is 11.2. The Balaban J connectivity index is 1.51. The number of aromatic nitrogens is 2. The number of ether oxygens (including phenoxy) is 1. The fraction of sp³-hybridized carbons (Fsp3) is 0.565. The van der Waals surface area contributed by atoms with Gasteiger partial charge in [0.1, 0.15) is 6.61 Å². The van der Waals surface area contributed by atoms with Crippen molar-refractivity contribution in [2.45, 2.75) is 51.0 Å². The Morgan fingerprint density at radius 1 is 1.16 bits per heavy atom. The minimum Gasteiger partial charge on any atom is -0.372 e. The zero-order valence-electron chi connectivity index (χ0n) is 18.0. The van der Waals surface area contributed by atoms with Crippen LogP contribution >= 0.6 is 0 Å². The van der Waals surface area contributed by atoms with Gasteiger partial charge >= 0.3 is 0 Å². The lowest BCUT2D eigenvalue weighted by Gasteiger charge is -2.29. The van der Waals surface area contributed by atoms with E-state index in [-0.39, 0.29) is 36.3 Å². The molecule has 1 aliphatic carbocycles. The first-order valence-electron chi connectivity index (χ1n) is 11.2. The Bertz CT molecular complexity index is 879. The van der Waals surface area contributed by atoms with Gasteiger partial charge in [0.25, 0.3) is 0 Å². The van der Waals surface area contributed by atoms with Gasteiger partial charge in [-0.1, -0.05) is 35.5 Å². The van der Waals surface area contributed by atoms with Crippen molar-refractivity contribution in [2.24, 2.45) is 5.92 Å². The van der Waals surface area contributed by atoms with Gasteiger partial charge in [0.05, 0.1) is 5.92 Å². The number of nitrogens with one attached hydrogen (secondary N) is 1. The highest BCUT2D eigenvalue weighted by molar-refractivity contribution is 5.81. The molecule has 1 saturated carbocycles. The minimum absolute atomic E-state index is 0.00353. The van der Waals surface area contributed by atoms with E-state index >= 15 is 0 Å². The maximum Gasteiger partial charge on any atom is 0.246 e. The normalized spacial score (nSPS) is 23.6. The zero-order valence-corrected chi connectivity index (χ0v) is 18.0. The number of nitrogens with zero attached hydrogens (tertiary/aromatic N) is 3. The number of carbonyl (C=O) groups excluding carboxylic acids is 2. The van der Waals surface area contributed by atoms with Crippen molar-refractivity contribution in [3.05, 3.63) is 36.2 Å². The Labute approximate surface area is 182 Å². The Morgan fingerprint density at radius 2 is 1.94 bits per heavy atom. The molecule has 4 rings (SSSR count). The van der Waals surface area contributed by atoms with Crippen LogP contribution in [-0.4, -0.2) is 59.2 Å². The highest BCUT2D eigenvalue weighted by atomic mass is 16.5. The van der Waals surface area contributed by atoms with Gasteiger partial charge in [0, 0.05) is 37.2 Å². The van der Waals surface area contributed by atoms with Crippen molar-refractivity contribution < 1.29 is 18.8 Å². The molecule has 166 valence electrons. The molecule has 2 aliphatic rings. The molecule has 2 fully saturated rings. The fourth-order valence-electron chi connectivity index (χ4n) is 4.58. The molecule has 8 nitrogen and oxygen atoms in total. The van der Waals surface area contributed by atoms with Gasteiger partial charge in [-0.3, -0.25) is 9.59 Å². The van der Waals surface area contributed by atoms with Crippen LogP contribution in [-0.2, 0) is 14.3 Å². The molecule has 2 aromatic rings. The van der Waals surface area contributed by atoms with Gasteiger partial charge in [-0.15, -0.1) is 0 Å². The second kappa shape index (κ2) is 10.0. The maximum atomic E-state index is 13.1. The van der Waals surface area contributed by atoms with E-state index in [0.717, 1.165) is 31.5 Å². The minimum atomic E-state index is -0.240. The SMILES string of the molecule is CCOCC(=O)N[C@@H]1C[C@@H](C(=O)N2CCCCC2)C[C@@H]1c1nc(-c2ccccc2)no1. The number of hydrogen-bond acceptors (Lipinski definition) is 6. The lowest BCUT2D eigenvalue weighted by atomic mass is 10.0. The second-order valence-electron chi connectivity index (χ2n) is 8.29. The molecule has 3 atom stereocenters. The van der Waals surface area contributed by atoms with E-state index in [1.807, 2.05) is 42.2 Å². The average Bonchev–Trinajstić information content (AvgIpc) is 3.46. The second-order valence-corrected chi connectivity index (χ2v) is 8.29. The topological polar surface area (TPSA) is 97.6 Å². The summed E-state index contributed by atoms with van der Waals surface area (Å²) in [7, 11) is 0. The molecular weight excluding hydrogens is 396 g/mol. The maximum absolute atomic E-state index is 13.1. The van der Waals surface area contributed by atoms with Crippen LogP contribution in [0.4, 0.5) is 0 Å². The Morgan fingerprint density at radius 3 is 2.68 bits per heavy atom. The quantitative estimate of drug-likeness (QED) is 0.731. The van der Waals surface area contributed by atoms with Crippen LogP contribution in [0.1, 0.15) is 50.8 Å². The highest BCUT2D eigenvalue weighted by Gasteiger charge is 2.43. The van der Waals surface area contributed by atoms with E-state index in [9.17, 15) is 9.59 Å². The molecule has 31 heavy (non-hydrogen) atoms. The number of carbonyl (C=O) groups is 2. The van der Waals surface area contributed by atoms with Gasteiger partial charge in [-0.2, -0.15) is 4.98 Å². The summed E-state index contributed by atoms with van der Waals surface area (Å²) in [6.45, 7) is 3.97. The van der Waals surface area contributed by atoms with Crippen LogP contribution in [0.25, 0.3) is 11.4 Å². The molecule has 8 heteroatoms. The summed E-state index contributed by atoms with van der Waals surface area (Å²) in [6.07, 6.45) is 4.45. The smallest absolute Gasteiger partial charge is 0.246 e. The zero-order chi connectivity index (χ0) is 21.6. The average molecular weight is 427 g/mol. The van der Waals surface area contributed by atoms with E-state index < -0.39 is 0 Å². The highest BCUT2D eigenvalue weighted by Crippen LogP contribution is 2.39. The summed E-state index contributed by atoms with van der Waals surface area (Å²) in [5, 5.41) is 7.17. The molecule has 1 aromatic heterocycles. The summed E-state index contributed by atoms with van der Waals surface area (Å²) in [5.74, 6) is 0.608. The van der Waals surface area contributed by atoms with Gasteiger partial charge in [-0.05, 0) is 39.0 Å². The molecule has 1 aliphatic heterocycles. The van der Waals surface area contributed by atoms with Crippen molar-refractivity contribution in [2.75, 3.05) is 26.3 Å². The molecule has 0 radical (unpaired) electrons. The third kappa shape index (κ3) is 5.12. The standard InChI is InChI=1S/C23H30N4O4/c1-2-30-15-20(28)24-19-14-17(23(29)27-11-7-4-8-12-27)13-18(19)22-25-21(26-31-22)16-9-5-3-6-10-16/h3,5-6,9-10,17-19H,2,4,7-8,11-15H2,1H3,(H,24,28)/t17-,18-,19+/m0/s1. The molecular formula is C23H30N4O4. The Hall–Kier alpha value is -2.74. The van der Waals surface area contributed by atoms with Crippen LogP contribution in [0, 0.1) is 5.92 Å². The number of rotatable bonds is 7. The van der Waals surface area contributed by atoms with Crippen molar-refractivity contribution in [1.29, 1.82) is 0 Å². The van der Waals surface area contributed by atoms with E-state index in [1.54, 1.807) is 0 Å².